The summed E-state index contributed by atoms with van der Waals surface area (Å²) in [6.45, 7) is 11.6. The van der Waals surface area contributed by atoms with Crippen LogP contribution >= 0.6 is 0 Å². The molecule has 1 heterocycles. The maximum Gasteiger partial charge on any atom is 0.333 e. The Morgan fingerprint density at radius 2 is 1.92 bits per heavy atom. The molecule has 2 fully saturated rings. The van der Waals surface area contributed by atoms with Gasteiger partial charge in [0.15, 0.2) is 0 Å². The molecule has 3 heteroatoms. The molecule has 0 bridgehead atoms. The van der Waals surface area contributed by atoms with E-state index in [0.717, 1.165) is 24.8 Å². The molecule has 2 aliphatic carbocycles. The highest BCUT2D eigenvalue weighted by molar-refractivity contribution is 5.86. The van der Waals surface area contributed by atoms with Gasteiger partial charge in [-0.2, -0.15) is 0 Å². The lowest BCUT2D eigenvalue weighted by molar-refractivity contribution is -0.208. The highest BCUT2D eigenvalue weighted by Gasteiger charge is 2.60. The molecule has 0 aromatic carbocycles. The molecule has 6 atom stereocenters. The van der Waals surface area contributed by atoms with Gasteiger partial charge in [-0.1, -0.05) is 46.8 Å². The molecular formula is C22H34O3. The Kier molecular flexibility index (Phi) is 4.91. The number of rotatable bonds is 5. The van der Waals surface area contributed by atoms with Gasteiger partial charge in [-0.05, 0) is 54.3 Å². The minimum absolute atomic E-state index is 0.229. The number of carbonyl (C=O) groups excluding carboxylic acids is 1. The number of carbonyl (C=O) groups is 1. The van der Waals surface area contributed by atoms with Crippen LogP contribution in [-0.2, 0) is 14.3 Å². The van der Waals surface area contributed by atoms with Gasteiger partial charge in [0.05, 0.1) is 0 Å². The molecule has 1 aliphatic heterocycles. The van der Waals surface area contributed by atoms with Crippen LogP contribution in [0.1, 0.15) is 60.3 Å². The van der Waals surface area contributed by atoms with Crippen molar-refractivity contribution < 1.29 is 14.3 Å². The number of esters is 1. The molecule has 0 radical (unpaired) electrons. The van der Waals surface area contributed by atoms with Gasteiger partial charge in [-0.3, -0.25) is 0 Å². The smallest absolute Gasteiger partial charge is 0.333 e. The van der Waals surface area contributed by atoms with Crippen LogP contribution in [0.3, 0.4) is 0 Å². The molecule has 0 spiro atoms. The average molecular weight is 347 g/mol. The topological polar surface area (TPSA) is 35.5 Å². The molecule has 2 saturated carbocycles. The highest BCUT2D eigenvalue weighted by Crippen LogP contribution is 2.63. The monoisotopic (exact) mass is 346 g/mol. The van der Waals surface area contributed by atoms with Crippen LogP contribution in [0.4, 0.5) is 0 Å². The lowest BCUT2D eigenvalue weighted by Crippen LogP contribution is -2.47. The predicted molar refractivity (Wildman–Crippen MR) is 99.8 cm³/mol. The lowest BCUT2D eigenvalue weighted by Gasteiger charge is -2.48. The molecule has 0 unspecified atom stereocenters. The second-order valence-corrected chi connectivity index (χ2v) is 9.07. The van der Waals surface area contributed by atoms with Gasteiger partial charge in [0.25, 0.3) is 0 Å². The minimum atomic E-state index is -0.776. The van der Waals surface area contributed by atoms with Gasteiger partial charge >= 0.3 is 5.97 Å². The summed E-state index contributed by atoms with van der Waals surface area (Å²) in [6.07, 6.45) is 10.7. The van der Waals surface area contributed by atoms with E-state index >= 15 is 0 Å². The summed E-state index contributed by atoms with van der Waals surface area (Å²) in [4.78, 5) is 11.9. The fraction of sp³-hybridized carbons (Fsp3) is 0.773. The van der Waals surface area contributed by atoms with Crippen molar-refractivity contribution in [3.63, 3.8) is 0 Å². The summed E-state index contributed by atoms with van der Waals surface area (Å²) in [5.74, 6) is 1.90. The van der Waals surface area contributed by atoms with Crippen LogP contribution in [0.15, 0.2) is 23.8 Å². The molecular weight excluding hydrogens is 312 g/mol. The summed E-state index contributed by atoms with van der Waals surface area (Å²) >= 11 is 0. The molecule has 3 aliphatic rings. The van der Waals surface area contributed by atoms with E-state index in [1.165, 1.54) is 6.42 Å². The van der Waals surface area contributed by atoms with E-state index in [9.17, 15) is 4.79 Å². The van der Waals surface area contributed by atoms with E-state index in [0.29, 0.717) is 29.6 Å². The van der Waals surface area contributed by atoms with Crippen LogP contribution in [0, 0.1) is 35.0 Å². The molecule has 0 saturated heterocycles. The van der Waals surface area contributed by atoms with Gasteiger partial charge in [0.2, 0.25) is 5.79 Å². The summed E-state index contributed by atoms with van der Waals surface area (Å²) in [5.41, 5.74) is 1.33. The Balaban J connectivity index is 1.81. The summed E-state index contributed by atoms with van der Waals surface area (Å²) < 4.78 is 11.3. The number of allylic oxidation sites excluding steroid dienone is 2. The van der Waals surface area contributed by atoms with Crippen LogP contribution in [0.25, 0.3) is 0 Å². The van der Waals surface area contributed by atoms with Crippen molar-refractivity contribution in [2.75, 3.05) is 7.11 Å². The zero-order valence-electron chi connectivity index (χ0n) is 16.7. The van der Waals surface area contributed by atoms with Crippen molar-refractivity contribution >= 4 is 5.97 Å². The first-order valence-corrected chi connectivity index (χ1v) is 9.92. The first kappa shape index (κ1) is 18.7. The van der Waals surface area contributed by atoms with Crippen molar-refractivity contribution in [3.05, 3.63) is 23.8 Å². The van der Waals surface area contributed by atoms with Gasteiger partial charge in [-0.25, -0.2) is 4.79 Å². The second kappa shape index (κ2) is 6.57. The van der Waals surface area contributed by atoms with Gasteiger partial charge in [0, 0.05) is 25.2 Å². The third kappa shape index (κ3) is 2.99. The summed E-state index contributed by atoms with van der Waals surface area (Å²) in [5, 5.41) is 0. The van der Waals surface area contributed by atoms with Gasteiger partial charge in [0.1, 0.15) is 0 Å². The largest absolute Gasteiger partial charge is 0.426 e. The number of hydrogen-bond donors (Lipinski definition) is 0. The van der Waals surface area contributed by atoms with Gasteiger partial charge in [-0.15, -0.1) is 0 Å². The molecule has 0 amide bonds. The molecule has 25 heavy (non-hydrogen) atoms. The Morgan fingerprint density at radius 1 is 1.20 bits per heavy atom. The Labute approximate surface area is 152 Å². The number of fused-ring (bicyclic) bond motifs is 3. The fourth-order valence-electron chi connectivity index (χ4n) is 5.45. The van der Waals surface area contributed by atoms with E-state index < -0.39 is 5.79 Å². The van der Waals surface area contributed by atoms with Crippen molar-refractivity contribution in [1.29, 1.82) is 0 Å². The SMILES string of the molecule is CO[C@]12CC[C@@]3(C)[C@H](CC[C@@H]3[C@H](C)/C=C/[C@@H](C)C(C)C)C1=CC(=O)O2. The average Bonchev–Trinajstić information content (AvgIpc) is 3.08. The van der Waals surface area contributed by atoms with E-state index in [1.807, 2.05) is 0 Å². The van der Waals surface area contributed by atoms with Crippen molar-refractivity contribution in [1.82, 2.24) is 0 Å². The third-order valence-electron chi connectivity index (χ3n) is 7.49. The van der Waals surface area contributed by atoms with Crippen molar-refractivity contribution in [2.45, 2.75) is 66.1 Å². The number of methoxy groups -OCH3 is 1. The molecule has 3 rings (SSSR count). The van der Waals surface area contributed by atoms with E-state index in [-0.39, 0.29) is 11.4 Å². The Bertz CT molecular complexity index is 590. The number of hydrogen-bond acceptors (Lipinski definition) is 3. The van der Waals surface area contributed by atoms with Crippen LogP contribution in [0.2, 0.25) is 0 Å². The fourth-order valence-corrected chi connectivity index (χ4v) is 5.45. The zero-order chi connectivity index (χ0) is 18.4. The highest BCUT2D eigenvalue weighted by atomic mass is 16.7. The summed E-state index contributed by atoms with van der Waals surface area (Å²) in [6, 6.07) is 0. The standard InChI is InChI=1S/C22H34O3/c1-14(2)15(3)7-8-16(4)17-9-10-18-19-13-20(23)25-22(19,24-6)12-11-21(17,18)5/h7-8,13-18H,9-12H2,1-6H3/b8-7+/t15-,16-,17-,18-,21-,22+/m1/s1. The van der Waals surface area contributed by atoms with E-state index in [4.69, 9.17) is 9.47 Å². The quantitative estimate of drug-likeness (QED) is 0.512. The molecule has 0 aromatic rings. The maximum absolute atomic E-state index is 11.9. The molecule has 0 aromatic heterocycles. The van der Waals surface area contributed by atoms with Crippen molar-refractivity contribution in [2.24, 2.45) is 35.0 Å². The normalized spacial score (nSPS) is 40.0. The molecule has 3 nitrogen and oxygen atoms in total. The van der Waals surface area contributed by atoms with Gasteiger partial charge < -0.3 is 9.47 Å². The zero-order valence-corrected chi connectivity index (χ0v) is 16.7. The first-order valence-electron chi connectivity index (χ1n) is 9.92. The number of ether oxygens (including phenoxy) is 2. The second-order valence-electron chi connectivity index (χ2n) is 9.07. The van der Waals surface area contributed by atoms with Crippen LogP contribution in [0.5, 0.6) is 0 Å². The minimum Gasteiger partial charge on any atom is -0.426 e. The van der Waals surface area contributed by atoms with E-state index in [2.05, 4.69) is 46.8 Å². The lowest BCUT2D eigenvalue weighted by atomic mass is 9.60. The maximum atomic E-state index is 11.9. The Morgan fingerprint density at radius 3 is 2.56 bits per heavy atom. The third-order valence-corrected chi connectivity index (χ3v) is 7.49. The van der Waals surface area contributed by atoms with Crippen LogP contribution in [-0.4, -0.2) is 18.9 Å². The summed E-state index contributed by atoms with van der Waals surface area (Å²) in [7, 11) is 1.67. The predicted octanol–water partition coefficient (Wildman–Crippen LogP) is 5.12. The van der Waals surface area contributed by atoms with E-state index in [1.54, 1.807) is 13.2 Å². The molecule has 140 valence electrons. The first-order chi connectivity index (χ1) is 11.7. The molecule has 0 N–H and O–H groups in total. The van der Waals surface area contributed by atoms with Crippen LogP contribution < -0.4 is 0 Å². The Hall–Kier alpha value is -1.09. The van der Waals surface area contributed by atoms with Crippen molar-refractivity contribution in [3.8, 4) is 0 Å².